The summed E-state index contributed by atoms with van der Waals surface area (Å²) in [6, 6.07) is 5.43. The van der Waals surface area contributed by atoms with E-state index >= 15 is 0 Å². The standard InChI is InChI=1S/C11H7Cl3N2/c12-4-10-8(5-15-6-16-10)7-2-1-3-9(13)11(7)14/h1-3,5-6H,4H2. The Kier molecular flexibility index (Phi) is 3.64. The van der Waals surface area contributed by atoms with E-state index in [2.05, 4.69) is 9.97 Å². The molecule has 0 fully saturated rings. The van der Waals surface area contributed by atoms with Gasteiger partial charge < -0.3 is 0 Å². The van der Waals surface area contributed by atoms with Crippen molar-refractivity contribution in [3.05, 3.63) is 46.5 Å². The van der Waals surface area contributed by atoms with Gasteiger partial charge in [-0.25, -0.2) is 9.97 Å². The molecule has 0 atom stereocenters. The average Bonchev–Trinajstić information content (AvgIpc) is 2.33. The molecule has 0 radical (unpaired) electrons. The molecule has 1 heterocycles. The normalized spacial score (nSPS) is 10.4. The lowest BCUT2D eigenvalue weighted by atomic mass is 10.1. The van der Waals surface area contributed by atoms with E-state index in [1.807, 2.05) is 12.1 Å². The highest BCUT2D eigenvalue weighted by molar-refractivity contribution is 6.43. The van der Waals surface area contributed by atoms with Gasteiger partial charge in [0.05, 0.1) is 21.6 Å². The number of aromatic nitrogens is 2. The molecular weight excluding hydrogens is 266 g/mol. The topological polar surface area (TPSA) is 25.8 Å². The lowest BCUT2D eigenvalue weighted by Crippen LogP contribution is -1.93. The van der Waals surface area contributed by atoms with Crippen molar-refractivity contribution in [1.82, 2.24) is 9.97 Å². The van der Waals surface area contributed by atoms with Gasteiger partial charge >= 0.3 is 0 Å². The monoisotopic (exact) mass is 272 g/mol. The highest BCUT2D eigenvalue weighted by atomic mass is 35.5. The van der Waals surface area contributed by atoms with E-state index in [9.17, 15) is 0 Å². The van der Waals surface area contributed by atoms with Gasteiger partial charge in [-0.2, -0.15) is 0 Å². The van der Waals surface area contributed by atoms with Crippen molar-refractivity contribution in [3.63, 3.8) is 0 Å². The van der Waals surface area contributed by atoms with Crippen LogP contribution in [0, 0.1) is 0 Å². The van der Waals surface area contributed by atoms with Gasteiger partial charge in [0, 0.05) is 17.3 Å². The molecule has 0 saturated carbocycles. The molecule has 0 spiro atoms. The van der Waals surface area contributed by atoms with Crippen molar-refractivity contribution in [2.45, 2.75) is 5.88 Å². The number of hydrogen-bond donors (Lipinski definition) is 0. The molecule has 16 heavy (non-hydrogen) atoms. The summed E-state index contributed by atoms with van der Waals surface area (Å²) < 4.78 is 0. The van der Waals surface area contributed by atoms with Crippen molar-refractivity contribution < 1.29 is 0 Å². The summed E-state index contributed by atoms with van der Waals surface area (Å²) >= 11 is 17.9. The zero-order chi connectivity index (χ0) is 11.5. The highest BCUT2D eigenvalue weighted by Crippen LogP contribution is 2.34. The fourth-order valence-electron chi connectivity index (χ4n) is 1.40. The van der Waals surface area contributed by atoms with Crippen LogP contribution in [0.25, 0.3) is 11.1 Å². The van der Waals surface area contributed by atoms with Gasteiger partial charge in [-0.05, 0) is 6.07 Å². The molecule has 2 rings (SSSR count). The largest absolute Gasteiger partial charge is 0.244 e. The molecule has 0 N–H and O–H groups in total. The Morgan fingerprint density at radius 3 is 2.69 bits per heavy atom. The molecule has 0 amide bonds. The Balaban J connectivity index is 2.63. The van der Waals surface area contributed by atoms with E-state index in [1.165, 1.54) is 6.33 Å². The zero-order valence-corrected chi connectivity index (χ0v) is 10.4. The highest BCUT2D eigenvalue weighted by Gasteiger charge is 2.11. The molecule has 2 nitrogen and oxygen atoms in total. The van der Waals surface area contributed by atoms with Crippen LogP contribution in [-0.2, 0) is 5.88 Å². The first kappa shape index (κ1) is 11.6. The molecule has 0 saturated heterocycles. The summed E-state index contributed by atoms with van der Waals surface area (Å²) in [6.07, 6.45) is 3.14. The van der Waals surface area contributed by atoms with Gasteiger partial charge in [0.25, 0.3) is 0 Å². The third-order valence-corrected chi connectivity index (χ3v) is 3.24. The second-order valence-electron chi connectivity index (χ2n) is 3.12. The van der Waals surface area contributed by atoms with Gasteiger partial charge in [-0.1, -0.05) is 35.3 Å². The van der Waals surface area contributed by atoms with E-state index in [0.717, 1.165) is 16.8 Å². The van der Waals surface area contributed by atoms with Crippen LogP contribution in [0.15, 0.2) is 30.7 Å². The zero-order valence-electron chi connectivity index (χ0n) is 8.12. The molecular formula is C11H7Cl3N2. The van der Waals surface area contributed by atoms with Crippen molar-refractivity contribution in [3.8, 4) is 11.1 Å². The second-order valence-corrected chi connectivity index (χ2v) is 4.17. The number of halogens is 3. The Labute approximate surface area is 108 Å². The molecule has 1 aromatic heterocycles. The summed E-state index contributed by atoms with van der Waals surface area (Å²) in [4.78, 5) is 8.07. The Bertz CT molecular complexity index is 514. The molecule has 5 heteroatoms. The average molecular weight is 274 g/mol. The van der Waals surface area contributed by atoms with Crippen LogP contribution in [0.2, 0.25) is 10.0 Å². The summed E-state index contributed by atoms with van der Waals surface area (Å²) in [6.45, 7) is 0. The van der Waals surface area contributed by atoms with Gasteiger partial charge in [-0.3, -0.25) is 0 Å². The minimum Gasteiger partial charge on any atom is -0.244 e. The second kappa shape index (κ2) is 5.00. The molecule has 2 aromatic rings. The van der Waals surface area contributed by atoms with E-state index in [1.54, 1.807) is 12.3 Å². The van der Waals surface area contributed by atoms with Crippen molar-refractivity contribution in [2.24, 2.45) is 0 Å². The number of alkyl halides is 1. The van der Waals surface area contributed by atoms with E-state index in [4.69, 9.17) is 34.8 Å². The van der Waals surface area contributed by atoms with Crippen molar-refractivity contribution in [1.29, 1.82) is 0 Å². The number of hydrogen-bond acceptors (Lipinski definition) is 2. The predicted octanol–water partition coefficient (Wildman–Crippen LogP) is 4.19. The molecule has 82 valence electrons. The predicted molar refractivity (Wildman–Crippen MR) is 67.0 cm³/mol. The maximum Gasteiger partial charge on any atom is 0.115 e. The first-order valence-electron chi connectivity index (χ1n) is 4.53. The third kappa shape index (κ3) is 2.14. The molecule has 1 aromatic carbocycles. The van der Waals surface area contributed by atoms with Crippen LogP contribution in [0.4, 0.5) is 0 Å². The molecule has 0 bridgehead atoms. The van der Waals surface area contributed by atoms with Crippen LogP contribution in [0.3, 0.4) is 0 Å². The number of benzene rings is 1. The van der Waals surface area contributed by atoms with Gasteiger partial charge in [0.15, 0.2) is 0 Å². The van der Waals surface area contributed by atoms with Crippen molar-refractivity contribution >= 4 is 34.8 Å². The van der Waals surface area contributed by atoms with Gasteiger partial charge in [0.2, 0.25) is 0 Å². The maximum atomic E-state index is 6.13. The van der Waals surface area contributed by atoms with Crippen LogP contribution in [0.1, 0.15) is 5.69 Å². The first-order valence-corrected chi connectivity index (χ1v) is 5.82. The fourth-order valence-corrected chi connectivity index (χ4v) is 2.01. The van der Waals surface area contributed by atoms with Crippen LogP contribution >= 0.6 is 34.8 Å². The van der Waals surface area contributed by atoms with Gasteiger partial charge in [-0.15, -0.1) is 11.6 Å². The number of rotatable bonds is 2. The summed E-state index contributed by atoms with van der Waals surface area (Å²) in [5.41, 5.74) is 2.34. The summed E-state index contributed by atoms with van der Waals surface area (Å²) in [5.74, 6) is 0.306. The Morgan fingerprint density at radius 2 is 1.94 bits per heavy atom. The lowest BCUT2D eigenvalue weighted by molar-refractivity contribution is 1.09. The minimum atomic E-state index is 0.306. The first-order chi connectivity index (χ1) is 7.74. The van der Waals surface area contributed by atoms with Crippen LogP contribution in [0.5, 0.6) is 0 Å². The third-order valence-electron chi connectivity index (χ3n) is 2.16. The smallest absolute Gasteiger partial charge is 0.115 e. The minimum absolute atomic E-state index is 0.306. The van der Waals surface area contributed by atoms with Crippen molar-refractivity contribution in [2.75, 3.05) is 0 Å². The maximum absolute atomic E-state index is 6.13. The quantitative estimate of drug-likeness (QED) is 0.767. The molecule has 0 aliphatic heterocycles. The fraction of sp³-hybridized carbons (Fsp3) is 0.0909. The number of nitrogens with zero attached hydrogens (tertiary/aromatic N) is 2. The van der Waals surface area contributed by atoms with Crippen LogP contribution in [-0.4, -0.2) is 9.97 Å². The van der Waals surface area contributed by atoms with Gasteiger partial charge in [0.1, 0.15) is 6.33 Å². The van der Waals surface area contributed by atoms with E-state index < -0.39 is 0 Å². The molecule has 0 aliphatic rings. The van der Waals surface area contributed by atoms with E-state index in [0.29, 0.717) is 15.9 Å². The molecule has 0 aliphatic carbocycles. The van der Waals surface area contributed by atoms with Crippen LogP contribution < -0.4 is 0 Å². The Hall–Kier alpha value is -0.830. The molecule has 0 unspecified atom stereocenters. The summed E-state index contributed by atoms with van der Waals surface area (Å²) in [7, 11) is 0. The summed E-state index contributed by atoms with van der Waals surface area (Å²) in [5, 5.41) is 0.994. The Morgan fingerprint density at radius 1 is 1.12 bits per heavy atom. The lowest BCUT2D eigenvalue weighted by Gasteiger charge is -2.08. The SMILES string of the molecule is ClCc1ncncc1-c1cccc(Cl)c1Cl. The van der Waals surface area contributed by atoms with E-state index in [-0.39, 0.29) is 0 Å².